The van der Waals surface area contributed by atoms with Crippen LogP contribution in [0, 0.1) is 6.92 Å². The SMILES string of the molecule is COc1cc2nc(C)nc(NCc3cn(C)c4cccc(N)c34)c2cc1OC1CCOC1. The predicted octanol–water partition coefficient (Wildman–Crippen LogP) is 3.80. The van der Waals surface area contributed by atoms with Gasteiger partial charge in [0.15, 0.2) is 11.5 Å². The van der Waals surface area contributed by atoms with Gasteiger partial charge >= 0.3 is 0 Å². The molecule has 32 heavy (non-hydrogen) atoms. The van der Waals surface area contributed by atoms with Crippen molar-refractivity contribution in [1.82, 2.24) is 14.5 Å². The number of hydrogen-bond acceptors (Lipinski definition) is 7. The first-order valence-corrected chi connectivity index (χ1v) is 10.7. The second kappa shape index (κ2) is 8.20. The molecule has 0 bridgehead atoms. The monoisotopic (exact) mass is 433 g/mol. The molecule has 1 aliphatic heterocycles. The van der Waals surface area contributed by atoms with Crippen LogP contribution in [0.3, 0.4) is 0 Å². The fourth-order valence-corrected chi connectivity index (χ4v) is 4.31. The van der Waals surface area contributed by atoms with Crippen molar-refractivity contribution in [2.75, 3.05) is 31.4 Å². The Bertz CT molecular complexity index is 1290. The van der Waals surface area contributed by atoms with Crippen molar-refractivity contribution in [2.45, 2.75) is 26.0 Å². The van der Waals surface area contributed by atoms with Gasteiger partial charge in [-0.25, -0.2) is 9.97 Å². The van der Waals surface area contributed by atoms with Crippen molar-refractivity contribution in [3.8, 4) is 11.5 Å². The number of nitrogens with zero attached hydrogens (tertiary/aromatic N) is 3. The number of aromatic nitrogens is 3. The van der Waals surface area contributed by atoms with Gasteiger partial charge in [-0.1, -0.05) is 6.07 Å². The minimum absolute atomic E-state index is 0.0165. The summed E-state index contributed by atoms with van der Waals surface area (Å²) in [6.07, 6.45) is 2.98. The highest BCUT2D eigenvalue weighted by molar-refractivity contribution is 5.95. The van der Waals surface area contributed by atoms with E-state index in [2.05, 4.69) is 32.1 Å². The lowest BCUT2D eigenvalue weighted by atomic mass is 10.1. The molecule has 0 radical (unpaired) electrons. The van der Waals surface area contributed by atoms with E-state index in [9.17, 15) is 0 Å². The van der Waals surface area contributed by atoms with Gasteiger partial charge in [0, 0.05) is 48.7 Å². The third kappa shape index (κ3) is 3.67. The van der Waals surface area contributed by atoms with Crippen LogP contribution in [0.1, 0.15) is 17.8 Å². The molecule has 1 fully saturated rings. The fraction of sp³-hybridized carbons (Fsp3) is 0.333. The van der Waals surface area contributed by atoms with Crippen LogP contribution in [-0.4, -0.2) is 41.0 Å². The number of methoxy groups -OCH3 is 1. The maximum Gasteiger partial charge on any atom is 0.162 e. The molecule has 2 aromatic heterocycles. The number of rotatable bonds is 6. The van der Waals surface area contributed by atoms with Gasteiger partial charge in [0.2, 0.25) is 0 Å². The van der Waals surface area contributed by atoms with E-state index in [4.69, 9.17) is 19.9 Å². The number of aryl methyl sites for hydroxylation is 2. The third-order valence-corrected chi connectivity index (χ3v) is 5.85. The molecule has 3 N–H and O–H groups in total. The van der Waals surface area contributed by atoms with E-state index in [0.29, 0.717) is 37.1 Å². The molecule has 0 aliphatic carbocycles. The zero-order valence-corrected chi connectivity index (χ0v) is 18.5. The molecule has 166 valence electrons. The van der Waals surface area contributed by atoms with Crippen LogP contribution >= 0.6 is 0 Å². The van der Waals surface area contributed by atoms with Crippen LogP contribution in [0.4, 0.5) is 11.5 Å². The summed E-state index contributed by atoms with van der Waals surface area (Å²) in [5.41, 5.74) is 10.0. The van der Waals surface area contributed by atoms with Crippen LogP contribution in [0.2, 0.25) is 0 Å². The van der Waals surface area contributed by atoms with Gasteiger partial charge in [-0.3, -0.25) is 0 Å². The van der Waals surface area contributed by atoms with Gasteiger partial charge in [0.25, 0.3) is 0 Å². The number of anilines is 2. The van der Waals surface area contributed by atoms with Crippen LogP contribution in [0.25, 0.3) is 21.8 Å². The molecule has 8 nitrogen and oxygen atoms in total. The summed E-state index contributed by atoms with van der Waals surface area (Å²) >= 11 is 0. The molecule has 0 spiro atoms. The molecule has 0 saturated carbocycles. The summed E-state index contributed by atoms with van der Waals surface area (Å²) in [6.45, 7) is 3.76. The highest BCUT2D eigenvalue weighted by Crippen LogP contribution is 2.36. The molecule has 1 atom stereocenters. The average molecular weight is 434 g/mol. The molecule has 4 aromatic rings. The van der Waals surface area contributed by atoms with Gasteiger partial charge in [0.05, 0.1) is 31.4 Å². The quantitative estimate of drug-likeness (QED) is 0.447. The van der Waals surface area contributed by atoms with E-state index in [1.54, 1.807) is 7.11 Å². The molecule has 2 aromatic carbocycles. The lowest BCUT2D eigenvalue weighted by Gasteiger charge is -2.17. The molecule has 1 unspecified atom stereocenters. The van der Waals surface area contributed by atoms with E-state index in [0.717, 1.165) is 45.3 Å². The molecule has 5 rings (SSSR count). The number of nitrogen functional groups attached to an aromatic ring is 1. The first-order valence-electron chi connectivity index (χ1n) is 10.7. The van der Waals surface area contributed by atoms with E-state index in [1.807, 2.05) is 38.2 Å². The molecular weight excluding hydrogens is 406 g/mol. The smallest absolute Gasteiger partial charge is 0.162 e. The molecule has 3 heterocycles. The molecule has 8 heteroatoms. The number of nitrogens with one attached hydrogen (secondary N) is 1. The van der Waals surface area contributed by atoms with E-state index in [-0.39, 0.29) is 6.10 Å². The number of ether oxygens (including phenoxy) is 3. The summed E-state index contributed by atoms with van der Waals surface area (Å²) in [7, 11) is 3.66. The average Bonchev–Trinajstić information content (AvgIpc) is 3.40. The topological polar surface area (TPSA) is 96.5 Å². The van der Waals surface area contributed by atoms with Crippen molar-refractivity contribution >= 4 is 33.3 Å². The van der Waals surface area contributed by atoms with Gasteiger partial charge in [0.1, 0.15) is 17.7 Å². The Labute approximate surface area is 186 Å². The zero-order chi connectivity index (χ0) is 22.2. The lowest BCUT2D eigenvalue weighted by molar-refractivity contribution is 0.139. The number of nitrogens with two attached hydrogens (primary N) is 1. The van der Waals surface area contributed by atoms with Gasteiger partial charge in [-0.05, 0) is 30.7 Å². The van der Waals surface area contributed by atoms with Crippen molar-refractivity contribution < 1.29 is 14.2 Å². The highest BCUT2D eigenvalue weighted by atomic mass is 16.6. The Kier molecular flexibility index (Phi) is 5.22. The third-order valence-electron chi connectivity index (χ3n) is 5.85. The second-order valence-electron chi connectivity index (χ2n) is 8.10. The Hall–Kier alpha value is -3.52. The highest BCUT2D eigenvalue weighted by Gasteiger charge is 2.21. The maximum atomic E-state index is 6.28. The number of fused-ring (bicyclic) bond motifs is 2. The van der Waals surface area contributed by atoms with Gasteiger partial charge < -0.3 is 29.8 Å². The van der Waals surface area contributed by atoms with Crippen molar-refractivity contribution in [3.05, 3.63) is 47.9 Å². The van der Waals surface area contributed by atoms with Crippen LogP contribution < -0.4 is 20.5 Å². The lowest BCUT2D eigenvalue weighted by Crippen LogP contribution is -2.16. The normalized spacial score (nSPS) is 16.0. The Balaban J connectivity index is 1.52. The fourth-order valence-electron chi connectivity index (χ4n) is 4.31. The first-order chi connectivity index (χ1) is 15.5. The summed E-state index contributed by atoms with van der Waals surface area (Å²) in [6, 6.07) is 9.82. The van der Waals surface area contributed by atoms with Crippen LogP contribution in [0.5, 0.6) is 11.5 Å². The Morgan fingerprint density at radius 3 is 2.91 bits per heavy atom. The number of hydrogen-bond donors (Lipinski definition) is 2. The van der Waals surface area contributed by atoms with Crippen LogP contribution in [-0.2, 0) is 18.3 Å². The van der Waals surface area contributed by atoms with Gasteiger partial charge in [-0.2, -0.15) is 0 Å². The molecule has 0 amide bonds. The first kappa shape index (κ1) is 20.4. The van der Waals surface area contributed by atoms with Crippen molar-refractivity contribution in [1.29, 1.82) is 0 Å². The van der Waals surface area contributed by atoms with E-state index in [1.165, 1.54) is 0 Å². The summed E-state index contributed by atoms with van der Waals surface area (Å²) in [5.74, 6) is 2.74. The predicted molar refractivity (Wildman–Crippen MR) is 125 cm³/mol. The minimum Gasteiger partial charge on any atom is -0.493 e. The Morgan fingerprint density at radius 2 is 2.12 bits per heavy atom. The minimum atomic E-state index is 0.0165. The largest absolute Gasteiger partial charge is 0.493 e. The summed E-state index contributed by atoms with van der Waals surface area (Å²) in [5, 5.41) is 5.43. The zero-order valence-electron chi connectivity index (χ0n) is 18.5. The Morgan fingerprint density at radius 1 is 1.25 bits per heavy atom. The van der Waals surface area contributed by atoms with Crippen LogP contribution in [0.15, 0.2) is 36.5 Å². The van der Waals surface area contributed by atoms with Crippen molar-refractivity contribution in [3.63, 3.8) is 0 Å². The molecule has 1 saturated heterocycles. The maximum absolute atomic E-state index is 6.28. The second-order valence-corrected chi connectivity index (χ2v) is 8.10. The molecular formula is C24H27N5O3. The van der Waals surface area contributed by atoms with E-state index < -0.39 is 0 Å². The van der Waals surface area contributed by atoms with E-state index >= 15 is 0 Å². The molecule has 1 aliphatic rings. The summed E-state index contributed by atoms with van der Waals surface area (Å²) < 4.78 is 19.3. The van der Waals surface area contributed by atoms with Gasteiger partial charge in [-0.15, -0.1) is 0 Å². The number of benzene rings is 2. The summed E-state index contributed by atoms with van der Waals surface area (Å²) in [4.78, 5) is 9.28. The standard InChI is InChI=1S/C24H27N5O3/c1-14-27-19-10-21(30-3)22(32-16-7-8-31-13-16)9-17(19)24(28-14)26-11-15-12-29(2)20-6-4-5-18(25)23(15)20/h4-6,9-10,12,16H,7-8,11,13,25H2,1-3H3,(H,26,27,28). The van der Waals surface area contributed by atoms with Crippen molar-refractivity contribution in [2.24, 2.45) is 7.05 Å².